The van der Waals surface area contributed by atoms with Gasteiger partial charge in [0.05, 0.1) is 0 Å². The minimum absolute atomic E-state index is 0.873. The molecule has 0 spiro atoms. The van der Waals surface area contributed by atoms with E-state index in [0.717, 1.165) is 0 Å². The molecule has 60 valence electrons. The van der Waals surface area contributed by atoms with Crippen molar-refractivity contribution < 1.29 is 0 Å². The molecule has 0 saturated heterocycles. The summed E-state index contributed by atoms with van der Waals surface area (Å²) in [6.45, 7) is 3.65. The zero-order valence-corrected chi connectivity index (χ0v) is 11.1. The molecule has 1 nitrogen and oxygen atoms in total. The SMILES string of the molecule is C[CH2][In]([CH3])[CH2]CCN(C)C. The van der Waals surface area contributed by atoms with Crippen molar-refractivity contribution >= 4 is 21.4 Å². The Morgan fingerprint density at radius 3 is 2.30 bits per heavy atom. The molecule has 0 saturated carbocycles. The van der Waals surface area contributed by atoms with Gasteiger partial charge in [0.2, 0.25) is 0 Å². The van der Waals surface area contributed by atoms with Gasteiger partial charge in [0.1, 0.15) is 0 Å². The van der Waals surface area contributed by atoms with Crippen LogP contribution in [0.15, 0.2) is 0 Å². The molecule has 0 radical (unpaired) electrons. The summed E-state index contributed by atoms with van der Waals surface area (Å²) in [5, 5.41) is 0. The summed E-state index contributed by atoms with van der Waals surface area (Å²) in [7, 11) is 4.32. The van der Waals surface area contributed by atoms with Crippen LogP contribution in [0.1, 0.15) is 13.3 Å². The van der Waals surface area contributed by atoms with Crippen LogP contribution in [0.5, 0.6) is 0 Å². The number of hydrogen-bond acceptors (Lipinski definition) is 1. The van der Waals surface area contributed by atoms with Crippen molar-refractivity contribution in [2.45, 2.75) is 26.4 Å². The first-order valence-corrected chi connectivity index (χ1v) is 12.3. The van der Waals surface area contributed by atoms with E-state index in [1.807, 2.05) is 0 Å². The van der Waals surface area contributed by atoms with E-state index in [1.54, 1.807) is 4.18 Å². The Labute approximate surface area is 73.3 Å². The van der Waals surface area contributed by atoms with Gasteiger partial charge >= 0.3 is 73.4 Å². The van der Waals surface area contributed by atoms with Gasteiger partial charge in [0, 0.05) is 0 Å². The van der Waals surface area contributed by atoms with E-state index in [1.165, 1.54) is 17.1 Å². The van der Waals surface area contributed by atoms with Crippen LogP contribution >= 0.6 is 0 Å². The third-order valence-electron chi connectivity index (χ3n) is 2.00. The molecule has 0 amide bonds. The third-order valence-corrected chi connectivity index (χ3v) is 9.96. The van der Waals surface area contributed by atoms with Gasteiger partial charge in [-0.1, -0.05) is 0 Å². The van der Waals surface area contributed by atoms with Crippen molar-refractivity contribution in [3.05, 3.63) is 0 Å². The monoisotopic (exact) mass is 245 g/mol. The summed E-state index contributed by atoms with van der Waals surface area (Å²) in [6, 6.07) is 0. The van der Waals surface area contributed by atoms with Gasteiger partial charge in [-0.15, -0.1) is 0 Å². The summed E-state index contributed by atoms with van der Waals surface area (Å²) < 4.78 is 5.67. The van der Waals surface area contributed by atoms with Gasteiger partial charge in [0.15, 0.2) is 0 Å². The first-order chi connectivity index (χ1) is 4.66. The third kappa shape index (κ3) is 6.94. The van der Waals surface area contributed by atoms with E-state index in [4.69, 9.17) is 0 Å². The van der Waals surface area contributed by atoms with E-state index >= 15 is 0 Å². The fraction of sp³-hybridized carbons (Fsp3) is 1.00. The molecule has 10 heavy (non-hydrogen) atoms. The van der Waals surface area contributed by atoms with Crippen LogP contribution in [0.3, 0.4) is 0 Å². The van der Waals surface area contributed by atoms with E-state index in [0.29, 0.717) is 0 Å². The molecule has 0 aromatic rings. The maximum absolute atomic E-state index is 2.54. The van der Waals surface area contributed by atoms with E-state index in [2.05, 4.69) is 30.6 Å². The van der Waals surface area contributed by atoms with Crippen molar-refractivity contribution in [2.24, 2.45) is 0 Å². The Balaban J connectivity index is 3.03. The van der Waals surface area contributed by atoms with Gasteiger partial charge in [0.25, 0.3) is 0 Å². The first-order valence-electron chi connectivity index (χ1n) is 4.31. The van der Waals surface area contributed by atoms with Crippen LogP contribution in [0.4, 0.5) is 0 Å². The van der Waals surface area contributed by atoms with Gasteiger partial charge < -0.3 is 0 Å². The molecule has 0 aliphatic heterocycles. The van der Waals surface area contributed by atoms with Gasteiger partial charge in [-0.2, -0.15) is 0 Å². The summed E-state index contributed by atoms with van der Waals surface area (Å²) in [5.74, 6) is 0. The van der Waals surface area contributed by atoms with Crippen LogP contribution in [0, 0.1) is 0 Å². The number of hydrogen-bond donors (Lipinski definition) is 0. The zero-order valence-electron chi connectivity index (χ0n) is 7.85. The van der Waals surface area contributed by atoms with Crippen LogP contribution in [0.2, 0.25) is 13.0 Å². The van der Waals surface area contributed by atoms with Gasteiger partial charge in [-0.25, -0.2) is 0 Å². The fourth-order valence-corrected chi connectivity index (χ4v) is 4.64. The quantitative estimate of drug-likeness (QED) is 0.716. The molecule has 0 aliphatic rings. The molecule has 0 atom stereocenters. The molecule has 0 rings (SSSR count). The average molecular weight is 245 g/mol. The Kier molecular flexibility index (Phi) is 7.08. The molecular weight excluding hydrogens is 225 g/mol. The van der Waals surface area contributed by atoms with E-state index in [-0.39, 0.29) is 0 Å². The molecule has 0 aliphatic carbocycles. The van der Waals surface area contributed by atoms with Crippen molar-refractivity contribution in [2.75, 3.05) is 20.6 Å². The second-order valence-corrected chi connectivity index (χ2v) is 13.7. The van der Waals surface area contributed by atoms with E-state index < -0.39 is 21.4 Å². The van der Waals surface area contributed by atoms with Crippen LogP contribution in [-0.4, -0.2) is 47.0 Å². The summed E-state index contributed by atoms with van der Waals surface area (Å²) >= 11 is -0.873. The Bertz CT molecular complexity index is 73.7. The summed E-state index contributed by atoms with van der Waals surface area (Å²) in [5.41, 5.74) is 0. The zero-order chi connectivity index (χ0) is 7.98. The Morgan fingerprint density at radius 1 is 1.30 bits per heavy atom. The summed E-state index contributed by atoms with van der Waals surface area (Å²) in [6.07, 6.45) is 1.44. The first kappa shape index (κ1) is 10.8. The second-order valence-electron chi connectivity index (χ2n) is 3.46. The minimum atomic E-state index is -0.873. The fourth-order valence-electron chi connectivity index (χ4n) is 0.960. The molecule has 0 N–H and O–H groups in total. The topological polar surface area (TPSA) is 3.24 Å². The standard InChI is InChI=1S/C5H12N.C2H5.CH3.In/c1-4-5-6(2)3;1-2;;/h1,4-5H2,2-3H3;1H2,2H3;1H3;. The molecule has 0 unspecified atom stereocenters. The molecule has 0 aromatic carbocycles. The van der Waals surface area contributed by atoms with Crippen molar-refractivity contribution in [3.63, 3.8) is 0 Å². The van der Waals surface area contributed by atoms with Gasteiger partial charge in [-0.05, 0) is 0 Å². The molecule has 0 heterocycles. The molecule has 2 heteroatoms. The average Bonchev–Trinajstić information content (AvgIpc) is 1.87. The summed E-state index contributed by atoms with van der Waals surface area (Å²) in [4.78, 5) is 2.29. The molecule has 0 aromatic heterocycles. The predicted molar refractivity (Wildman–Crippen MR) is 50.1 cm³/mol. The number of rotatable bonds is 5. The molecule has 0 fully saturated rings. The van der Waals surface area contributed by atoms with Crippen molar-refractivity contribution in [1.82, 2.24) is 4.90 Å². The van der Waals surface area contributed by atoms with Crippen LogP contribution in [0.25, 0.3) is 0 Å². The maximum atomic E-state index is 2.54. The molecular formula is C8H20InN. The molecule has 0 bridgehead atoms. The second kappa shape index (κ2) is 6.53. The van der Waals surface area contributed by atoms with Crippen molar-refractivity contribution in [1.29, 1.82) is 0 Å². The Hall–Kier alpha value is 0.830. The normalized spacial score (nSPS) is 10.5. The van der Waals surface area contributed by atoms with E-state index in [9.17, 15) is 0 Å². The van der Waals surface area contributed by atoms with Gasteiger partial charge in [-0.3, -0.25) is 0 Å². The predicted octanol–water partition coefficient (Wildman–Crippen LogP) is 2.08. The van der Waals surface area contributed by atoms with Crippen LogP contribution in [-0.2, 0) is 0 Å². The number of nitrogens with zero attached hydrogens (tertiary/aromatic N) is 1. The van der Waals surface area contributed by atoms with Crippen molar-refractivity contribution in [3.8, 4) is 0 Å². The van der Waals surface area contributed by atoms with Crippen LogP contribution < -0.4 is 0 Å². The Morgan fingerprint density at radius 2 is 1.90 bits per heavy atom.